The Morgan fingerprint density at radius 1 is 1.48 bits per heavy atom. The highest BCUT2D eigenvalue weighted by molar-refractivity contribution is 5.78. The molecule has 0 bridgehead atoms. The maximum absolute atomic E-state index is 14.2. The van der Waals surface area contributed by atoms with Crippen molar-refractivity contribution in [2.45, 2.75) is 44.1 Å². The average Bonchev–Trinajstić information content (AvgIpc) is 3.03. The molecule has 1 aromatic heterocycles. The number of halogens is 2. The topological polar surface area (TPSA) is 61.0 Å². The highest BCUT2D eigenvalue weighted by Gasteiger charge is 2.39. The molecular weight excluding hydrogens is 278 g/mol. The Labute approximate surface area is 122 Å². The minimum Gasteiger partial charge on any atom is -0.348 e. The molecule has 0 spiro atoms. The molecule has 0 unspecified atom stereocenters. The fraction of sp³-hybridized carbons (Fsp3) is 0.714. The molecule has 0 radical (unpaired) electrons. The SMILES string of the molecule is CN(CC(=O)NCC(F)(F)c1n[nH]c2c1CCC2)C1CC1. The van der Waals surface area contributed by atoms with E-state index < -0.39 is 12.5 Å². The highest BCUT2D eigenvalue weighted by Crippen LogP contribution is 2.33. The molecule has 1 heterocycles. The van der Waals surface area contributed by atoms with Gasteiger partial charge in [-0.3, -0.25) is 14.8 Å². The summed E-state index contributed by atoms with van der Waals surface area (Å²) >= 11 is 0. The summed E-state index contributed by atoms with van der Waals surface area (Å²) in [6.45, 7) is -0.527. The van der Waals surface area contributed by atoms with E-state index in [0.717, 1.165) is 31.4 Å². The van der Waals surface area contributed by atoms with Gasteiger partial charge in [0.2, 0.25) is 5.91 Å². The van der Waals surface area contributed by atoms with Gasteiger partial charge in [-0.25, -0.2) is 0 Å². The van der Waals surface area contributed by atoms with Crippen LogP contribution < -0.4 is 5.32 Å². The summed E-state index contributed by atoms with van der Waals surface area (Å²) in [5, 5.41) is 8.77. The third kappa shape index (κ3) is 3.07. The number of carbonyl (C=O) groups is 1. The van der Waals surface area contributed by atoms with Crippen LogP contribution in [0.3, 0.4) is 0 Å². The van der Waals surface area contributed by atoms with Gasteiger partial charge in [0.05, 0.1) is 13.1 Å². The van der Waals surface area contributed by atoms with Gasteiger partial charge in [-0.2, -0.15) is 13.9 Å². The molecule has 2 aliphatic rings. The predicted octanol–water partition coefficient (Wildman–Crippen LogP) is 1.20. The number of fused-ring (bicyclic) bond motifs is 1. The number of aromatic amines is 1. The minimum atomic E-state index is -3.12. The molecule has 1 amide bonds. The van der Waals surface area contributed by atoms with Crippen molar-refractivity contribution in [1.82, 2.24) is 20.4 Å². The van der Waals surface area contributed by atoms with Crippen molar-refractivity contribution in [2.24, 2.45) is 0 Å². The van der Waals surface area contributed by atoms with Crippen LogP contribution in [0.15, 0.2) is 0 Å². The van der Waals surface area contributed by atoms with Gasteiger partial charge in [0.15, 0.2) is 0 Å². The van der Waals surface area contributed by atoms with E-state index in [1.807, 2.05) is 11.9 Å². The average molecular weight is 298 g/mol. The van der Waals surface area contributed by atoms with E-state index >= 15 is 0 Å². The zero-order valence-corrected chi connectivity index (χ0v) is 12.1. The lowest BCUT2D eigenvalue weighted by Gasteiger charge is -2.18. The molecule has 3 rings (SSSR count). The zero-order valence-electron chi connectivity index (χ0n) is 12.1. The number of nitrogens with one attached hydrogen (secondary N) is 2. The van der Waals surface area contributed by atoms with Crippen LogP contribution in [0.2, 0.25) is 0 Å². The summed E-state index contributed by atoms with van der Waals surface area (Å²) in [4.78, 5) is 13.6. The maximum atomic E-state index is 14.2. The number of aromatic nitrogens is 2. The smallest absolute Gasteiger partial charge is 0.308 e. The molecule has 5 nitrogen and oxygen atoms in total. The van der Waals surface area contributed by atoms with Crippen molar-refractivity contribution in [2.75, 3.05) is 20.1 Å². The molecule has 0 aromatic carbocycles. The summed E-state index contributed by atoms with van der Waals surface area (Å²) in [6.07, 6.45) is 4.45. The number of aryl methyl sites for hydroxylation is 1. The van der Waals surface area contributed by atoms with Crippen LogP contribution in [0, 0.1) is 0 Å². The van der Waals surface area contributed by atoms with Gasteiger partial charge in [0.25, 0.3) is 0 Å². The standard InChI is InChI=1S/C14H20F2N4O/c1-20(9-5-6-9)7-12(21)17-8-14(15,16)13-10-3-2-4-11(10)18-19-13/h9H,2-8H2,1H3,(H,17,21)(H,18,19). The van der Waals surface area contributed by atoms with Crippen molar-refractivity contribution in [1.29, 1.82) is 0 Å². The second kappa shape index (κ2) is 5.36. The van der Waals surface area contributed by atoms with E-state index in [2.05, 4.69) is 15.5 Å². The van der Waals surface area contributed by atoms with Gasteiger partial charge in [-0.15, -0.1) is 0 Å². The Bertz CT molecular complexity index is 539. The second-order valence-electron chi connectivity index (χ2n) is 6.01. The number of amides is 1. The number of rotatable bonds is 6. The number of nitrogens with zero attached hydrogens (tertiary/aromatic N) is 2. The summed E-state index contributed by atoms with van der Waals surface area (Å²) < 4.78 is 28.4. The van der Waals surface area contributed by atoms with E-state index in [1.54, 1.807) is 0 Å². The van der Waals surface area contributed by atoms with E-state index in [9.17, 15) is 13.6 Å². The van der Waals surface area contributed by atoms with E-state index in [4.69, 9.17) is 0 Å². The van der Waals surface area contributed by atoms with Crippen molar-refractivity contribution in [3.8, 4) is 0 Å². The Hall–Kier alpha value is -1.50. The van der Waals surface area contributed by atoms with E-state index in [1.165, 1.54) is 0 Å². The first-order valence-corrected chi connectivity index (χ1v) is 7.39. The number of likely N-dealkylation sites (N-methyl/N-ethyl adjacent to an activating group) is 1. The first-order valence-electron chi connectivity index (χ1n) is 7.39. The molecule has 7 heteroatoms. The summed E-state index contributed by atoms with van der Waals surface area (Å²) in [7, 11) is 1.84. The Kier molecular flexibility index (Phi) is 3.69. The largest absolute Gasteiger partial charge is 0.348 e. The molecule has 116 valence electrons. The van der Waals surface area contributed by atoms with Gasteiger partial charge in [-0.1, -0.05) is 0 Å². The molecule has 2 aliphatic carbocycles. The molecule has 0 aliphatic heterocycles. The van der Waals surface area contributed by atoms with Crippen LogP contribution in [-0.4, -0.2) is 47.2 Å². The van der Waals surface area contributed by atoms with E-state index in [0.29, 0.717) is 18.0 Å². The molecule has 1 aromatic rings. The third-order valence-electron chi connectivity index (χ3n) is 4.22. The van der Waals surface area contributed by atoms with E-state index in [-0.39, 0.29) is 18.1 Å². The Morgan fingerprint density at radius 2 is 2.24 bits per heavy atom. The van der Waals surface area contributed by atoms with Crippen LogP contribution in [-0.2, 0) is 23.6 Å². The van der Waals surface area contributed by atoms with Crippen LogP contribution in [0.25, 0.3) is 0 Å². The number of H-pyrrole nitrogens is 1. The lowest BCUT2D eigenvalue weighted by atomic mass is 10.1. The van der Waals surface area contributed by atoms with Gasteiger partial charge in [-0.05, 0) is 39.2 Å². The van der Waals surface area contributed by atoms with Gasteiger partial charge in [0.1, 0.15) is 5.69 Å². The van der Waals surface area contributed by atoms with Gasteiger partial charge >= 0.3 is 5.92 Å². The first kappa shape index (κ1) is 14.4. The second-order valence-corrected chi connectivity index (χ2v) is 6.01. The van der Waals surface area contributed by atoms with Crippen LogP contribution in [0.1, 0.15) is 36.2 Å². The van der Waals surface area contributed by atoms with Crippen molar-refractivity contribution in [3.05, 3.63) is 17.0 Å². The molecule has 0 saturated heterocycles. The van der Waals surface area contributed by atoms with Crippen molar-refractivity contribution >= 4 is 5.91 Å². The fourth-order valence-electron chi connectivity index (χ4n) is 2.84. The third-order valence-corrected chi connectivity index (χ3v) is 4.22. The summed E-state index contributed by atoms with van der Waals surface area (Å²) in [5.74, 6) is -3.49. The fourth-order valence-corrected chi connectivity index (χ4v) is 2.84. The highest BCUT2D eigenvalue weighted by atomic mass is 19.3. The first-order chi connectivity index (χ1) is 9.97. The molecule has 1 fully saturated rings. The van der Waals surface area contributed by atoms with Gasteiger partial charge in [0, 0.05) is 17.3 Å². The monoisotopic (exact) mass is 298 g/mol. The lowest BCUT2D eigenvalue weighted by Crippen LogP contribution is -2.41. The minimum absolute atomic E-state index is 0.166. The Morgan fingerprint density at radius 3 is 2.95 bits per heavy atom. The zero-order chi connectivity index (χ0) is 15.0. The molecule has 2 N–H and O–H groups in total. The molecule has 21 heavy (non-hydrogen) atoms. The number of carbonyl (C=O) groups excluding carboxylic acids is 1. The van der Waals surface area contributed by atoms with Gasteiger partial charge < -0.3 is 5.32 Å². The maximum Gasteiger partial charge on any atom is 0.308 e. The molecule has 1 saturated carbocycles. The van der Waals surface area contributed by atoms with Crippen LogP contribution >= 0.6 is 0 Å². The van der Waals surface area contributed by atoms with Crippen molar-refractivity contribution in [3.63, 3.8) is 0 Å². The number of alkyl halides is 2. The normalized spacial score (nSPS) is 18.1. The van der Waals surface area contributed by atoms with Crippen LogP contribution in [0.5, 0.6) is 0 Å². The molecule has 0 atom stereocenters. The number of hydrogen-bond donors (Lipinski definition) is 2. The quantitative estimate of drug-likeness (QED) is 0.829. The van der Waals surface area contributed by atoms with Crippen molar-refractivity contribution < 1.29 is 13.6 Å². The molecular formula is C14H20F2N4O. The number of hydrogen-bond acceptors (Lipinski definition) is 3. The van der Waals surface area contributed by atoms with Crippen LogP contribution in [0.4, 0.5) is 8.78 Å². The summed E-state index contributed by atoms with van der Waals surface area (Å²) in [6, 6.07) is 0.436. The Balaban J connectivity index is 1.56. The predicted molar refractivity (Wildman–Crippen MR) is 73.2 cm³/mol. The summed E-state index contributed by atoms with van der Waals surface area (Å²) in [5.41, 5.74) is 1.24. The lowest BCUT2D eigenvalue weighted by molar-refractivity contribution is -0.124.